The third-order valence-corrected chi connectivity index (χ3v) is 6.87. The fourth-order valence-corrected chi connectivity index (χ4v) is 4.70. The Balaban J connectivity index is 1.47. The zero-order chi connectivity index (χ0) is 25.3. The fraction of sp³-hybridized carbons (Fsp3) is 0.400. The van der Waals surface area contributed by atoms with E-state index in [2.05, 4.69) is 12.1 Å². The van der Waals surface area contributed by atoms with Crippen molar-refractivity contribution < 1.29 is 14.3 Å². The van der Waals surface area contributed by atoms with Crippen LogP contribution in [0.5, 0.6) is 0 Å². The molecule has 2 aromatic carbocycles. The highest BCUT2D eigenvalue weighted by Crippen LogP contribution is 2.48. The molecule has 1 heterocycles. The van der Waals surface area contributed by atoms with Gasteiger partial charge in [0.15, 0.2) is 0 Å². The smallest absolute Gasteiger partial charge is 0.242 e. The summed E-state index contributed by atoms with van der Waals surface area (Å²) in [6.45, 7) is 4.79. The molecular formula is C30H37N3O3. The van der Waals surface area contributed by atoms with E-state index in [0.717, 1.165) is 17.7 Å². The molecule has 190 valence electrons. The van der Waals surface area contributed by atoms with Gasteiger partial charge in [-0.15, -0.1) is 0 Å². The van der Waals surface area contributed by atoms with Crippen LogP contribution in [0.3, 0.4) is 0 Å². The second-order valence-electron chi connectivity index (χ2n) is 9.52. The molecule has 3 aromatic rings. The van der Waals surface area contributed by atoms with Gasteiger partial charge in [-0.25, -0.2) is 0 Å². The SMILES string of the molecule is CCOCCCN(CC(=O)N(Cc1ccccc1)Cc1cccn1C)C(=O)C1CC1c1ccccc1. The van der Waals surface area contributed by atoms with E-state index in [9.17, 15) is 9.59 Å². The highest BCUT2D eigenvalue weighted by molar-refractivity contribution is 5.88. The summed E-state index contributed by atoms with van der Waals surface area (Å²) in [5.41, 5.74) is 3.33. The number of hydrogen-bond acceptors (Lipinski definition) is 3. The molecule has 2 amide bonds. The highest BCUT2D eigenvalue weighted by atomic mass is 16.5. The van der Waals surface area contributed by atoms with Crippen LogP contribution in [-0.2, 0) is 34.5 Å². The summed E-state index contributed by atoms with van der Waals surface area (Å²) in [4.78, 5) is 30.8. The topological polar surface area (TPSA) is 54.8 Å². The second-order valence-corrected chi connectivity index (χ2v) is 9.52. The number of hydrogen-bond donors (Lipinski definition) is 0. The Morgan fingerprint density at radius 3 is 2.33 bits per heavy atom. The summed E-state index contributed by atoms with van der Waals surface area (Å²) < 4.78 is 7.54. The fourth-order valence-electron chi connectivity index (χ4n) is 4.70. The third kappa shape index (κ3) is 6.85. The molecule has 1 aliphatic rings. The average Bonchev–Trinajstić information content (AvgIpc) is 3.61. The molecule has 2 atom stereocenters. The van der Waals surface area contributed by atoms with Crippen LogP contribution in [0.25, 0.3) is 0 Å². The van der Waals surface area contributed by atoms with E-state index in [1.165, 1.54) is 5.56 Å². The van der Waals surface area contributed by atoms with Crippen molar-refractivity contribution in [3.05, 3.63) is 95.8 Å². The lowest BCUT2D eigenvalue weighted by atomic mass is 10.1. The minimum absolute atomic E-state index is 0.0401. The second kappa shape index (κ2) is 12.5. The number of ether oxygens (including phenoxy) is 1. The molecule has 6 heteroatoms. The lowest BCUT2D eigenvalue weighted by Gasteiger charge is -2.28. The molecule has 0 radical (unpaired) electrons. The Morgan fingerprint density at radius 1 is 0.944 bits per heavy atom. The van der Waals surface area contributed by atoms with Crippen molar-refractivity contribution in [2.75, 3.05) is 26.3 Å². The summed E-state index contributed by atoms with van der Waals surface area (Å²) in [5.74, 6) is 0.226. The monoisotopic (exact) mass is 487 g/mol. The first-order chi connectivity index (χ1) is 17.6. The van der Waals surface area contributed by atoms with E-state index in [1.54, 1.807) is 4.90 Å². The first-order valence-corrected chi connectivity index (χ1v) is 12.9. The van der Waals surface area contributed by atoms with Gasteiger partial charge in [0.2, 0.25) is 11.8 Å². The number of aryl methyl sites for hydroxylation is 1. The number of carbonyl (C=O) groups is 2. The summed E-state index contributed by atoms with van der Waals surface area (Å²) in [6, 6.07) is 24.2. The van der Waals surface area contributed by atoms with E-state index < -0.39 is 0 Å². The molecule has 36 heavy (non-hydrogen) atoms. The zero-order valence-electron chi connectivity index (χ0n) is 21.4. The lowest BCUT2D eigenvalue weighted by molar-refractivity contribution is -0.142. The van der Waals surface area contributed by atoms with Crippen LogP contribution in [-0.4, -0.2) is 52.5 Å². The first-order valence-electron chi connectivity index (χ1n) is 12.9. The van der Waals surface area contributed by atoms with Crippen molar-refractivity contribution in [1.29, 1.82) is 0 Å². The third-order valence-electron chi connectivity index (χ3n) is 6.87. The average molecular weight is 488 g/mol. The van der Waals surface area contributed by atoms with E-state index in [1.807, 2.05) is 90.3 Å². The van der Waals surface area contributed by atoms with Crippen molar-refractivity contribution in [2.24, 2.45) is 13.0 Å². The van der Waals surface area contributed by atoms with Gasteiger partial charge in [0.1, 0.15) is 0 Å². The van der Waals surface area contributed by atoms with Gasteiger partial charge in [0, 0.05) is 51.2 Å². The van der Waals surface area contributed by atoms with Crippen LogP contribution in [0.15, 0.2) is 79.0 Å². The van der Waals surface area contributed by atoms with E-state index in [-0.39, 0.29) is 30.2 Å². The van der Waals surface area contributed by atoms with Gasteiger partial charge in [0.25, 0.3) is 0 Å². The van der Waals surface area contributed by atoms with Gasteiger partial charge in [-0.1, -0.05) is 60.7 Å². The van der Waals surface area contributed by atoms with Crippen LogP contribution in [0.4, 0.5) is 0 Å². The van der Waals surface area contributed by atoms with E-state index in [0.29, 0.717) is 39.3 Å². The zero-order valence-corrected chi connectivity index (χ0v) is 21.4. The standard InChI is InChI=1S/C30H37N3O3/c1-3-36-19-11-18-32(30(35)28-20-27(28)25-14-8-5-9-15-25)23-29(34)33(21-24-12-6-4-7-13-24)22-26-16-10-17-31(26)2/h4-10,12-17,27-28H,3,11,18-23H2,1-2H3. The first kappa shape index (κ1) is 25.7. The highest BCUT2D eigenvalue weighted by Gasteiger charge is 2.46. The van der Waals surface area contributed by atoms with Crippen molar-refractivity contribution in [2.45, 2.75) is 38.8 Å². The summed E-state index contributed by atoms with van der Waals surface area (Å²) in [6.07, 6.45) is 3.54. The van der Waals surface area contributed by atoms with Gasteiger partial charge in [0.05, 0.1) is 13.1 Å². The minimum atomic E-state index is -0.0530. The summed E-state index contributed by atoms with van der Waals surface area (Å²) >= 11 is 0. The Morgan fingerprint density at radius 2 is 1.67 bits per heavy atom. The summed E-state index contributed by atoms with van der Waals surface area (Å²) in [7, 11) is 1.99. The molecular weight excluding hydrogens is 450 g/mol. The van der Waals surface area contributed by atoms with Crippen LogP contribution in [0.2, 0.25) is 0 Å². The molecule has 1 aliphatic carbocycles. The molecule has 0 N–H and O–H groups in total. The molecule has 0 saturated heterocycles. The van der Waals surface area contributed by atoms with Crippen LogP contribution >= 0.6 is 0 Å². The van der Waals surface area contributed by atoms with Crippen molar-refractivity contribution in [1.82, 2.24) is 14.4 Å². The predicted octanol–water partition coefficient (Wildman–Crippen LogP) is 4.61. The quantitative estimate of drug-likeness (QED) is 0.331. The van der Waals surface area contributed by atoms with Crippen molar-refractivity contribution in [3.63, 3.8) is 0 Å². The van der Waals surface area contributed by atoms with Gasteiger partial charge in [-0.3, -0.25) is 9.59 Å². The molecule has 4 rings (SSSR count). The van der Waals surface area contributed by atoms with Crippen LogP contribution in [0, 0.1) is 5.92 Å². The molecule has 1 aromatic heterocycles. The molecule has 1 fully saturated rings. The Kier molecular flexibility index (Phi) is 8.95. The predicted molar refractivity (Wildman–Crippen MR) is 141 cm³/mol. The largest absolute Gasteiger partial charge is 0.382 e. The number of aromatic nitrogens is 1. The molecule has 1 saturated carbocycles. The van der Waals surface area contributed by atoms with Crippen LogP contribution < -0.4 is 0 Å². The normalized spacial score (nSPS) is 16.5. The Bertz CT molecular complexity index is 1110. The maximum atomic E-state index is 13.7. The maximum absolute atomic E-state index is 13.7. The Labute approximate surface area is 214 Å². The minimum Gasteiger partial charge on any atom is -0.382 e. The lowest BCUT2D eigenvalue weighted by Crippen LogP contribution is -2.44. The number of benzene rings is 2. The number of rotatable bonds is 13. The van der Waals surface area contributed by atoms with Gasteiger partial charge in [-0.05, 0) is 48.9 Å². The van der Waals surface area contributed by atoms with Gasteiger partial charge < -0.3 is 19.1 Å². The molecule has 6 nitrogen and oxygen atoms in total. The van der Waals surface area contributed by atoms with E-state index in [4.69, 9.17) is 4.74 Å². The summed E-state index contributed by atoms with van der Waals surface area (Å²) in [5, 5.41) is 0. The van der Waals surface area contributed by atoms with Gasteiger partial charge >= 0.3 is 0 Å². The van der Waals surface area contributed by atoms with Crippen molar-refractivity contribution in [3.8, 4) is 0 Å². The van der Waals surface area contributed by atoms with E-state index >= 15 is 0 Å². The number of amides is 2. The molecule has 0 bridgehead atoms. The number of nitrogens with zero attached hydrogens (tertiary/aromatic N) is 3. The Hall–Kier alpha value is -3.38. The molecule has 0 aliphatic heterocycles. The van der Waals surface area contributed by atoms with Crippen LogP contribution in [0.1, 0.15) is 42.5 Å². The molecule has 2 unspecified atom stereocenters. The van der Waals surface area contributed by atoms with Crippen molar-refractivity contribution >= 4 is 11.8 Å². The molecule has 0 spiro atoms. The maximum Gasteiger partial charge on any atom is 0.242 e. The number of carbonyl (C=O) groups excluding carboxylic acids is 2. The van der Waals surface area contributed by atoms with Gasteiger partial charge in [-0.2, -0.15) is 0 Å².